The van der Waals surface area contributed by atoms with Gasteiger partial charge in [0.15, 0.2) is 6.04 Å². The van der Waals surface area contributed by atoms with Crippen molar-refractivity contribution < 1.29 is 24.2 Å². The highest BCUT2D eigenvalue weighted by Crippen LogP contribution is 2.18. The number of aliphatic carboxylic acids is 1. The quantitative estimate of drug-likeness (QED) is 0.788. The summed E-state index contributed by atoms with van der Waals surface area (Å²) in [6.07, 6.45) is -0.188. The molecule has 2 atom stereocenters. The maximum atomic E-state index is 11.9. The minimum absolute atomic E-state index is 0.446. The number of nitrogens with one attached hydrogen (secondary N) is 1. The SMILES string of the molecule is CCC(OC)C(=O)NC(C(=O)O)c1ccc(OC)cc1. The standard InChI is InChI=1S/C14H19NO5/c1-4-11(20-3)13(16)15-12(14(17)18)9-5-7-10(19-2)8-6-9/h5-8,11-12H,4H2,1-3H3,(H,15,16)(H,17,18). The molecule has 1 aromatic rings. The maximum absolute atomic E-state index is 11.9. The van der Waals surface area contributed by atoms with Crippen LogP contribution in [0.3, 0.4) is 0 Å². The lowest BCUT2D eigenvalue weighted by Gasteiger charge is -2.19. The Bertz CT molecular complexity index is 453. The van der Waals surface area contributed by atoms with Crippen LogP contribution in [0.1, 0.15) is 24.9 Å². The Morgan fingerprint density at radius 1 is 1.25 bits per heavy atom. The van der Waals surface area contributed by atoms with E-state index in [1.807, 2.05) is 0 Å². The zero-order valence-corrected chi connectivity index (χ0v) is 11.8. The first-order valence-corrected chi connectivity index (χ1v) is 6.23. The van der Waals surface area contributed by atoms with E-state index in [9.17, 15) is 14.7 Å². The second kappa shape index (κ2) is 7.49. The van der Waals surface area contributed by atoms with Crippen molar-refractivity contribution in [1.82, 2.24) is 5.32 Å². The lowest BCUT2D eigenvalue weighted by Crippen LogP contribution is -2.40. The molecule has 1 rings (SSSR count). The molecule has 2 N–H and O–H groups in total. The van der Waals surface area contributed by atoms with Gasteiger partial charge in [-0.1, -0.05) is 19.1 Å². The molecule has 0 aliphatic rings. The van der Waals surface area contributed by atoms with Gasteiger partial charge in [-0.05, 0) is 24.1 Å². The summed E-state index contributed by atoms with van der Waals surface area (Å²) in [4.78, 5) is 23.2. The molecule has 0 aromatic heterocycles. The molecule has 0 bridgehead atoms. The van der Waals surface area contributed by atoms with E-state index in [4.69, 9.17) is 9.47 Å². The number of benzene rings is 1. The molecule has 0 saturated heterocycles. The first-order valence-electron chi connectivity index (χ1n) is 6.23. The van der Waals surface area contributed by atoms with Crippen LogP contribution in [-0.2, 0) is 14.3 Å². The van der Waals surface area contributed by atoms with Crippen LogP contribution < -0.4 is 10.1 Å². The van der Waals surface area contributed by atoms with E-state index in [0.29, 0.717) is 17.7 Å². The summed E-state index contributed by atoms with van der Waals surface area (Å²) in [7, 11) is 2.94. The van der Waals surface area contributed by atoms with E-state index in [1.165, 1.54) is 14.2 Å². The molecule has 1 aromatic carbocycles. The van der Waals surface area contributed by atoms with Gasteiger partial charge in [0.1, 0.15) is 11.9 Å². The van der Waals surface area contributed by atoms with Gasteiger partial charge in [0, 0.05) is 7.11 Å². The summed E-state index contributed by atoms with van der Waals surface area (Å²) >= 11 is 0. The molecule has 0 aliphatic heterocycles. The lowest BCUT2D eigenvalue weighted by atomic mass is 10.1. The van der Waals surface area contributed by atoms with Gasteiger partial charge >= 0.3 is 5.97 Å². The topological polar surface area (TPSA) is 84.9 Å². The van der Waals surface area contributed by atoms with E-state index < -0.39 is 24.0 Å². The Balaban J connectivity index is 2.88. The fourth-order valence-electron chi connectivity index (χ4n) is 1.78. The highest BCUT2D eigenvalue weighted by atomic mass is 16.5. The molecule has 110 valence electrons. The minimum atomic E-state index is -1.13. The molecular weight excluding hydrogens is 262 g/mol. The monoisotopic (exact) mass is 281 g/mol. The van der Waals surface area contributed by atoms with E-state index in [2.05, 4.69) is 5.32 Å². The zero-order valence-electron chi connectivity index (χ0n) is 11.8. The average Bonchev–Trinajstić information content (AvgIpc) is 2.46. The molecule has 0 saturated carbocycles. The second-order valence-corrected chi connectivity index (χ2v) is 4.19. The molecular formula is C14H19NO5. The van der Waals surface area contributed by atoms with Gasteiger partial charge in [-0.25, -0.2) is 4.79 Å². The fraction of sp³-hybridized carbons (Fsp3) is 0.429. The summed E-state index contributed by atoms with van der Waals surface area (Å²) in [5.74, 6) is -0.958. The molecule has 0 aliphatic carbocycles. The van der Waals surface area contributed by atoms with Gasteiger partial charge in [0.25, 0.3) is 0 Å². The fourth-order valence-corrected chi connectivity index (χ4v) is 1.78. The third-order valence-electron chi connectivity index (χ3n) is 2.93. The number of amides is 1. The molecule has 1 amide bonds. The van der Waals surface area contributed by atoms with Crippen LogP contribution in [-0.4, -0.2) is 37.3 Å². The Morgan fingerprint density at radius 3 is 2.25 bits per heavy atom. The van der Waals surface area contributed by atoms with Crippen molar-refractivity contribution in [2.75, 3.05) is 14.2 Å². The molecule has 6 nitrogen and oxygen atoms in total. The van der Waals surface area contributed by atoms with Gasteiger partial charge in [-0.3, -0.25) is 4.79 Å². The first-order chi connectivity index (χ1) is 9.53. The first kappa shape index (κ1) is 16.0. The van der Waals surface area contributed by atoms with E-state index in [1.54, 1.807) is 31.2 Å². The van der Waals surface area contributed by atoms with Crippen LogP contribution in [0.25, 0.3) is 0 Å². The van der Waals surface area contributed by atoms with Crippen molar-refractivity contribution in [3.05, 3.63) is 29.8 Å². The van der Waals surface area contributed by atoms with E-state index in [0.717, 1.165) is 0 Å². The highest BCUT2D eigenvalue weighted by Gasteiger charge is 2.25. The number of carboxylic acids is 1. The number of rotatable bonds is 7. The van der Waals surface area contributed by atoms with Crippen molar-refractivity contribution in [1.29, 1.82) is 0 Å². The average molecular weight is 281 g/mol. The normalized spacial score (nSPS) is 13.3. The van der Waals surface area contributed by atoms with Crippen LogP contribution >= 0.6 is 0 Å². The summed E-state index contributed by atoms with van der Waals surface area (Å²) < 4.78 is 10.00. The third kappa shape index (κ3) is 3.96. The van der Waals surface area contributed by atoms with Gasteiger partial charge in [0.05, 0.1) is 7.11 Å². The molecule has 0 radical (unpaired) electrons. The van der Waals surface area contributed by atoms with Crippen molar-refractivity contribution in [2.45, 2.75) is 25.5 Å². The maximum Gasteiger partial charge on any atom is 0.330 e. The second-order valence-electron chi connectivity index (χ2n) is 4.19. The number of carbonyl (C=O) groups is 2. The predicted octanol–water partition coefficient (Wildman–Crippen LogP) is 1.36. The summed E-state index contributed by atoms with van der Waals surface area (Å²) in [6, 6.07) is 5.38. The smallest absolute Gasteiger partial charge is 0.330 e. The Labute approximate surface area is 117 Å². The van der Waals surface area contributed by atoms with E-state index >= 15 is 0 Å². The summed E-state index contributed by atoms with van der Waals surface area (Å²) in [6.45, 7) is 1.79. The molecule has 0 spiro atoms. The predicted molar refractivity (Wildman–Crippen MR) is 72.6 cm³/mol. The van der Waals surface area contributed by atoms with Crippen molar-refractivity contribution in [3.8, 4) is 5.75 Å². The van der Waals surface area contributed by atoms with Crippen LogP contribution in [0.15, 0.2) is 24.3 Å². The minimum Gasteiger partial charge on any atom is -0.497 e. The number of carbonyl (C=O) groups excluding carboxylic acids is 1. The van der Waals surface area contributed by atoms with Gasteiger partial charge < -0.3 is 19.9 Å². The Hall–Kier alpha value is -2.08. The van der Waals surface area contributed by atoms with Crippen LogP contribution in [0, 0.1) is 0 Å². The van der Waals surface area contributed by atoms with Crippen LogP contribution in [0.2, 0.25) is 0 Å². The largest absolute Gasteiger partial charge is 0.497 e. The lowest BCUT2D eigenvalue weighted by molar-refractivity contribution is -0.144. The van der Waals surface area contributed by atoms with E-state index in [-0.39, 0.29) is 0 Å². The summed E-state index contributed by atoms with van der Waals surface area (Å²) in [5.41, 5.74) is 0.470. The molecule has 0 heterocycles. The number of hydrogen-bond donors (Lipinski definition) is 2. The molecule has 2 unspecified atom stereocenters. The van der Waals surface area contributed by atoms with Gasteiger partial charge in [0.2, 0.25) is 5.91 Å². The van der Waals surface area contributed by atoms with Crippen LogP contribution in [0.5, 0.6) is 5.75 Å². The highest BCUT2D eigenvalue weighted by molar-refractivity contribution is 5.87. The number of carboxylic acid groups (broad SMARTS) is 1. The summed E-state index contributed by atoms with van der Waals surface area (Å²) in [5, 5.41) is 11.7. The number of methoxy groups -OCH3 is 2. The Kier molecular flexibility index (Phi) is 5.99. The third-order valence-corrected chi connectivity index (χ3v) is 2.93. The Morgan fingerprint density at radius 2 is 1.85 bits per heavy atom. The number of hydrogen-bond acceptors (Lipinski definition) is 4. The number of ether oxygens (including phenoxy) is 2. The molecule has 0 fully saturated rings. The van der Waals surface area contributed by atoms with Gasteiger partial charge in [-0.2, -0.15) is 0 Å². The van der Waals surface area contributed by atoms with Crippen LogP contribution in [0.4, 0.5) is 0 Å². The van der Waals surface area contributed by atoms with Crippen molar-refractivity contribution in [2.24, 2.45) is 0 Å². The molecule has 20 heavy (non-hydrogen) atoms. The zero-order chi connectivity index (χ0) is 15.1. The molecule has 6 heteroatoms. The van der Waals surface area contributed by atoms with Gasteiger partial charge in [-0.15, -0.1) is 0 Å². The van der Waals surface area contributed by atoms with Crippen molar-refractivity contribution >= 4 is 11.9 Å². The van der Waals surface area contributed by atoms with Crippen molar-refractivity contribution in [3.63, 3.8) is 0 Å².